The molecule has 3 nitrogen and oxygen atoms in total. The molecule has 0 aromatic heterocycles. The third kappa shape index (κ3) is 3.64. The van der Waals surface area contributed by atoms with E-state index in [1.54, 1.807) is 32.9 Å². The highest BCUT2D eigenvalue weighted by atomic mass is 19.2. The predicted octanol–water partition coefficient (Wildman–Crippen LogP) is 5.39. The van der Waals surface area contributed by atoms with Gasteiger partial charge in [0.25, 0.3) is 0 Å². The van der Waals surface area contributed by atoms with Crippen LogP contribution in [-0.2, 0) is 20.7 Å². The average molecular weight is 400 g/mol. The van der Waals surface area contributed by atoms with Crippen LogP contribution in [0.2, 0.25) is 0 Å². The Morgan fingerprint density at radius 1 is 0.897 bits per heavy atom. The lowest BCUT2D eigenvalue weighted by molar-refractivity contribution is -0.188. The highest BCUT2D eigenvalue weighted by Crippen LogP contribution is 2.41. The van der Waals surface area contributed by atoms with Crippen molar-refractivity contribution < 1.29 is 23.1 Å². The van der Waals surface area contributed by atoms with Crippen molar-refractivity contribution in [2.75, 3.05) is 0 Å². The summed E-state index contributed by atoms with van der Waals surface area (Å²) in [6, 6.07) is 9.08. The van der Waals surface area contributed by atoms with Crippen molar-refractivity contribution in [1.82, 2.24) is 0 Å². The molecule has 0 N–H and O–H groups in total. The third-order valence-corrected chi connectivity index (χ3v) is 5.88. The number of benzene rings is 2. The molecule has 2 atom stereocenters. The molecule has 0 amide bonds. The molecule has 3 rings (SSSR count). The van der Waals surface area contributed by atoms with Gasteiger partial charge >= 0.3 is 0 Å². The van der Waals surface area contributed by atoms with Crippen LogP contribution < -0.4 is 0 Å². The standard InChI is InChI=1S/C24H26F2O3/c1-6-14-12-15(16-9-11-18(25)19(26)13-16)8-10-17(14)20-21(27)23(3,4)29-24(5,7-2)22(20)28/h8-13,20H,6-7H2,1-5H3. The molecule has 1 aliphatic rings. The first-order valence-electron chi connectivity index (χ1n) is 9.91. The molecule has 2 aromatic carbocycles. The van der Waals surface area contributed by atoms with Gasteiger partial charge in [0.1, 0.15) is 17.1 Å². The Morgan fingerprint density at radius 3 is 2.10 bits per heavy atom. The molecule has 0 bridgehead atoms. The second-order valence-electron chi connectivity index (χ2n) is 8.25. The average Bonchev–Trinajstić information content (AvgIpc) is 2.68. The van der Waals surface area contributed by atoms with E-state index in [2.05, 4.69) is 0 Å². The summed E-state index contributed by atoms with van der Waals surface area (Å²) in [6.45, 7) is 8.94. The second-order valence-corrected chi connectivity index (χ2v) is 8.25. The number of ether oxygens (including phenoxy) is 1. The normalized spacial score (nSPS) is 24.0. The maximum absolute atomic E-state index is 13.7. The molecule has 2 unspecified atom stereocenters. The highest BCUT2D eigenvalue weighted by Gasteiger charge is 2.54. The van der Waals surface area contributed by atoms with Gasteiger partial charge in [0.2, 0.25) is 0 Å². The number of aryl methyl sites for hydroxylation is 1. The first-order chi connectivity index (χ1) is 13.5. The van der Waals surface area contributed by atoms with E-state index >= 15 is 0 Å². The Labute approximate surface area is 170 Å². The minimum Gasteiger partial charge on any atom is -0.354 e. The van der Waals surface area contributed by atoms with Crippen molar-refractivity contribution in [2.24, 2.45) is 0 Å². The Bertz CT molecular complexity index is 980. The van der Waals surface area contributed by atoms with Gasteiger partial charge in [0, 0.05) is 0 Å². The van der Waals surface area contributed by atoms with Crippen LogP contribution >= 0.6 is 0 Å². The second kappa shape index (κ2) is 7.45. The monoisotopic (exact) mass is 400 g/mol. The quantitative estimate of drug-likeness (QED) is 0.646. The molecule has 5 heteroatoms. The van der Waals surface area contributed by atoms with Crippen molar-refractivity contribution in [2.45, 2.75) is 64.6 Å². The van der Waals surface area contributed by atoms with E-state index in [0.29, 0.717) is 29.5 Å². The van der Waals surface area contributed by atoms with E-state index in [-0.39, 0.29) is 11.6 Å². The number of ketones is 2. The van der Waals surface area contributed by atoms with E-state index in [1.807, 2.05) is 19.9 Å². The number of halogens is 2. The van der Waals surface area contributed by atoms with Gasteiger partial charge in [-0.3, -0.25) is 9.59 Å². The topological polar surface area (TPSA) is 43.4 Å². The summed E-state index contributed by atoms with van der Waals surface area (Å²) in [5.74, 6) is -3.22. The fourth-order valence-electron chi connectivity index (χ4n) is 4.01. The SMILES string of the molecule is CCc1cc(-c2ccc(F)c(F)c2)ccc1C1C(=O)C(C)(C)OC(C)(CC)C1=O. The third-order valence-electron chi connectivity index (χ3n) is 5.88. The Morgan fingerprint density at radius 2 is 1.52 bits per heavy atom. The van der Waals surface area contributed by atoms with Crippen LogP contribution in [0.4, 0.5) is 8.78 Å². The Hall–Kier alpha value is -2.40. The zero-order valence-electron chi connectivity index (χ0n) is 17.4. The molecule has 0 aliphatic carbocycles. The fourth-order valence-corrected chi connectivity index (χ4v) is 4.01. The largest absolute Gasteiger partial charge is 0.354 e. The molecule has 1 saturated heterocycles. The van der Waals surface area contributed by atoms with Gasteiger partial charge in [-0.2, -0.15) is 0 Å². The number of Topliss-reactive ketones (excluding diaryl/α,β-unsaturated/α-hetero) is 2. The maximum atomic E-state index is 13.7. The van der Waals surface area contributed by atoms with Crippen LogP contribution in [0.1, 0.15) is 58.1 Å². The lowest BCUT2D eigenvalue weighted by atomic mass is 9.72. The smallest absolute Gasteiger partial charge is 0.179 e. The minimum absolute atomic E-state index is 0.236. The molecule has 1 fully saturated rings. The van der Waals surface area contributed by atoms with Gasteiger partial charge in [-0.15, -0.1) is 0 Å². The van der Waals surface area contributed by atoms with Crippen molar-refractivity contribution in [3.05, 3.63) is 59.2 Å². The molecule has 0 saturated carbocycles. The van der Waals surface area contributed by atoms with E-state index in [1.165, 1.54) is 6.07 Å². The molecule has 1 heterocycles. The minimum atomic E-state index is -1.08. The zero-order chi connectivity index (χ0) is 21.6. The Kier molecular flexibility index (Phi) is 5.48. The van der Waals surface area contributed by atoms with Crippen LogP contribution in [0, 0.1) is 11.6 Å². The summed E-state index contributed by atoms with van der Waals surface area (Å²) >= 11 is 0. The van der Waals surface area contributed by atoms with Crippen molar-refractivity contribution in [3.8, 4) is 11.1 Å². The van der Waals surface area contributed by atoms with Gasteiger partial charge in [0.15, 0.2) is 23.2 Å². The highest BCUT2D eigenvalue weighted by molar-refractivity contribution is 6.15. The molecule has 29 heavy (non-hydrogen) atoms. The lowest BCUT2D eigenvalue weighted by Gasteiger charge is -2.44. The van der Waals surface area contributed by atoms with Gasteiger partial charge in [0.05, 0.1) is 0 Å². The summed E-state index contributed by atoms with van der Waals surface area (Å²) in [4.78, 5) is 26.4. The predicted molar refractivity (Wildman–Crippen MR) is 108 cm³/mol. The van der Waals surface area contributed by atoms with Crippen molar-refractivity contribution in [1.29, 1.82) is 0 Å². The summed E-state index contributed by atoms with van der Waals surface area (Å²) in [5, 5.41) is 0. The van der Waals surface area contributed by atoms with Crippen LogP contribution in [0.5, 0.6) is 0 Å². The van der Waals surface area contributed by atoms with Crippen LogP contribution in [0.15, 0.2) is 36.4 Å². The zero-order valence-corrected chi connectivity index (χ0v) is 17.4. The molecular weight excluding hydrogens is 374 g/mol. The number of carbonyl (C=O) groups excluding carboxylic acids is 2. The number of hydrogen-bond donors (Lipinski definition) is 0. The van der Waals surface area contributed by atoms with E-state index < -0.39 is 28.8 Å². The van der Waals surface area contributed by atoms with Gasteiger partial charge in [-0.05, 0) is 68.0 Å². The fraction of sp³-hybridized carbons (Fsp3) is 0.417. The number of hydrogen-bond acceptors (Lipinski definition) is 3. The number of rotatable bonds is 4. The lowest BCUT2D eigenvalue weighted by Crippen LogP contribution is -2.59. The molecule has 2 aromatic rings. The van der Waals surface area contributed by atoms with Gasteiger partial charge in [-0.25, -0.2) is 8.78 Å². The molecule has 154 valence electrons. The van der Waals surface area contributed by atoms with E-state index in [9.17, 15) is 18.4 Å². The first-order valence-corrected chi connectivity index (χ1v) is 9.91. The summed E-state index contributed by atoms with van der Waals surface area (Å²) in [5.41, 5.74) is 0.612. The summed E-state index contributed by atoms with van der Waals surface area (Å²) in [7, 11) is 0. The van der Waals surface area contributed by atoms with Gasteiger partial charge in [-0.1, -0.05) is 38.1 Å². The van der Waals surface area contributed by atoms with E-state index in [0.717, 1.165) is 17.7 Å². The molecule has 0 spiro atoms. The maximum Gasteiger partial charge on any atom is 0.179 e. The first kappa shape index (κ1) is 21.3. The molecule has 1 aliphatic heterocycles. The summed E-state index contributed by atoms with van der Waals surface area (Å²) in [6.07, 6.45) is 1.06. The summed E-state index contributed by atoms with van der Waals surface area (Å²) < 4.78 is 32.8. The van der Waals surface area contributed by atoms with Gasteiger partial charge < -0.3 is 4.74 Å². The van der Waals surface area contributed by atoms with Crippen LogP contribution in [-0.4, -0.2) is 22.8 Å². The number of carbonyl (C=O) groups is 2. The van der Waals surface area contributed by atoms with Crippen LogP contribution in [0.25, 0.3) is 11.1 Å². The van der Waals surface area contributed by atoms with Crippen LogP contribution in [0.3, 0.4) is 0 Å². The molecule has 0 radical (unpaired) electrons. The van der Waals surface area contributed by atoms with Crippen molar-refractivity contribution in [3.63, 3.8) is 0 Å². The molecular formula is C24H26F2O3. The van der Waals surface area contributed by atoms with E-state index in [4.69, 9.17) is 4.74 Å². The van der Waals surface area contributed by atoms with Crippen molar-refractivity contribution >= 4 is 11.6 Å². The Balaban J connectivity index is 2.11.